The number of likely N-dealkylation sites (tertiary alicyclic amines) is 1. The van der Waals surface area contributed by atoms with E-state index >= 15 is 0 Å². The van der Waals surface area contributed by atoms with Crippen molar-refractivity contribution in [3.05, 3.63) is 35.4 Å². The fourth-order valence-corrected chi connectivity index (χ4v) is 7.22. The first-order valence-electron chi connectivity index (χ1n) is 9.80. The van der Waals surface area contributed by atoms with Crippen molar-refractivity contribution in [3.8, 4) is 0 Å². The molecule has 1 N–H and O–H groups in total. The summed E-state index contributed by atoms with van der Waals surface area (Å²) in [5.41, 5.74) is 0.193. The third-order valence-electron chi connectivity index (χ3n) is 6.40. The lowest BCUT2D eigenvalue weighted by Crippen LogP contribution is -2.38. The van der Waals surface area contributed by atoms with Crippen LogP contribution in [-0.4, -0.2) is 51.7 Å². The van der Waals surface area contributed by atoms with Crippen molar-refractivity contribution in [2.75, 3.05) is 25.1 Å². The van der Waals surface area contributed by atoms with E-state index in [-0.39, 0.29) is 46.4 Å². The van der Waals surface area contributed by atoms with Gasteiger partial charge in [0.1, 0.15) is 17.9 Å². The predicted octanol–water partition coefficient (Wildman–Crippen LogP) is 2.92. The van der Waals surface area contributed by atoms with Crippen LogP contribution >= 0.6 is 11.8 Å². The zero-order chi connectivity index (χ0) is 20.0. The highest BCUT2D eigenvalue weighted by atomic mass is 32.2. The van der Waals surface area contributed by atoms with Gasteiger partial charge in [-0.1, -0.05) is 13.0 Å². The zero-order valence-electron chi connectivity index (χ0n) is 16.1. The van der Waals surface area contributed by atoms with Gasteiger partial charge in [-0.2, -0.15) is 11.8 Å². The van der Waals surface area contributed by atoms with Gasteiger partial charge in [0.25, 0.3) is 0 Å². The first-order chi connectivity index (χ1) is 13.4. The van der Waals surface area contributed by atoms with Crippen molar-refractivity contribution < 1.29 is 18.1 Å². The molecule has 0 spiro atoms. The Morgan fingerprint density at radius 1 is 1.36 bits per heavy atom. The fourth-order valence-electron chi connectivity index (χ4n) is 5.04. The highest BCUT2D eigenvalue weighted by Gasteiger charge is 2.55. The van der Waals surface area contributed by atoms with Crippen LogP contribution in [0.3, 0.4) is 0 Å². The molecule has 1 aromatic carbocycles. The number of amides is 1. The number of benzene rings is 1. The number of thioether (sulfide) groups is 1. The molecule has 1 saturated carbocycles. The molecular weight excluding hydrogens is 402 g/mol. The molecule has 8 heteroatoms. The maximum absolute atomic E-state index is 14.4. The third kappa shape index (κ3) is 3.93. The van der Waals surface area contributed by atoms with E-state index in [1.54, 1.807) is 18.0 Å². The summed E-state index contributed by atoms with van der Waals surface area (Å²) >= 11 is 0.661. The van der Waals surface area contributed by atoms with Crippen LogP contribution < -0.4 is 4.72 Å². The van der Waals surface area contributed by atoms with Crippen molar-refractivity contribution in [1.82, 2.24) is 9.62 Å². The van der Waals surface area contributed by atoms with Crippen molar-refractivity contribution in [1.29, 1.82) is 0 Å². The molecule has 3 aliphatic rings. The lowest BCUT2D eigenvalue weighted by Gasteiger charge is -2.24. The highest BCUT2D eigenvalue weighted by molar-refractivity contribution is 8.00. The van der Waals surface area contributed by atoms with E-state index in [2.05, 4.69) is 11.6 Å². The van der Waals surface area contributed by atoms with Gasteiger partial charge in [-0.3, -0.25) is 4.79 Å². The molecule has 1 aliphatic carbocycles. The molecule has 7 unspecified atom stereocenters. The topological polar surface area (TPSA) is 55.4 Å². The Morgan fingerprint density at radius 2 is 2.07 bits per heavy atom. The number of hydrogen-bond donors (Lipinski definition) is 1. The summed E-state index contributed by atoms with van der Waals surface area (Å²) in [6.07, 6.45) is 3.21. The van der Waals surface area contributed by atoms with Gasteiger partial charge >= 0.3 is 0 Å². The van der Waals surface area contributed by atoms with Crippen molar-refractivity contribution in [2.45, 2.75) is 37.0 Å². The first kappa shape index (κ1) is 20.4. The minimum Gasteiger partial charge on any atom is -0.598 e. The average Bonchev–Trinajstić information content (AvgIpc) is 3.11. The average molecular weight is 429 g/mol. The summed E-state index contributed by atoms with van der Waals surface area (Å²) in [4.78, 5) is 14.8. The Labute approximate surface area is 172 Å². The lowest BCUT2D eigenvalue weighted by molar-refractivity contribution is -0.132. The summed E-state index contributed by atoms with van der Waals surface area (Å²) in [6.45, 7) is 3.37. The lowest BCUT2D eigenvalue weighted by atomic mass is 9.81. The maximum atomic E-state index is 14.4. The number of hydrogen-bond acceptors (Lipinski definition) is 4. The number of rotatable bonds is 5. The van der Waals surface area contributed by atoms with Crippen LogP contribution in [0.15, 0.2) is 18.2 Å². The minimum absolute atomic E-state index is 0.0469. The molecule has 2 saturated heterocycles. The first-order valence-corrected chi connectivity index (χ1v) is 12.4. The van der Waals surface area contributed by atoms with Crippen molar-refractivity contribution in [2.24, 2.45) is 17.8 Å². The summed E-state index contributed by atoms with van der Waals surface area (Å²) in [6, 6.07) is 4.13. The normalized spacial score (nSPS) is 36.0. The van der Waals surface area contributed by atoms with E-state index in [0.717, 1.165) is 12.8 Å². The van der Waals surface area contributed by atoms with Crippen molar-refractivity contribution >= 4 is 29.0 Å². The molecule has 1 amide bonds. The smallest absolute Gasteiger partial charge is 0.226 e. The Balaban J connectivity index is 1.44. The molecule has 3 fully saturated rings. The van der Waals surface area contributed by atoms with Crippen LogP contribution in [0.5, 0.6) is 0 Å². The molecule has 0 aromatic heterocycles. The summed E-state index contributed by atoms with van der Waals surface area (Å²) in [5, 5.41) is 0.280. The molecule has 2 heterocycles. The fraction of sp³-hybridized carbons (Fsp3) is 0.650. The number of carbonyl (C=O) groups excluding carboxylic acids is 1. The van der Waals surface area contributed by atoms with Crippen LogP contribution in [-0.2, 0) is 16.2 Å². The monoisotopic (exact) mass is 428 g/mol. The molecule has 4 rings (SSSR count). The van der Waals surface area contributed by atoms with E-state index in [0.29, 0.717) is 18.8 Å². The molecule has 2 aliphatic heterocycles. The standard InChI is InChI=1S/C20H26F2N2O2S2/c1-11-18(15(10-27-11)19-16(21)4-3-5-17(19)22)13-8-14(13)20(25)24-7-6-12(9-24)23-28(2)26/h3-5,11-15,18,23H,6-10H2,1-2H3. The Kier molecular flexibility index (Phi) is 5.93. The predicted molar refractivity (Wildman–Crippen MR) is 108 cm³/mol. The molecule has 0 bridgehead atoms. The SMILES string of the molecule is CC1SCC(c2c(F)cccc2F)C1C1CC1C(=O)N1CCC(N[S+](C)[O-])C1. The molecular formula is C20H26F2N2O2S2. The number of halogens is 2. The molecule has 154 valence electrons. The minimum atomic E-state index is -1.08. The van der Waals surface area contributed by atoms with E-state index < -0.39 is 23.0 Å². The number of carbonyl (C=O) groups is 1. The van der Waals surface area contributed by atoms with Gasteiger partial charge < -0.3 is 9.45 Å². The summed E-state index contributed by atoms with van der Waals surface area (Å²) in [7, 11) is 0. The van der Waals surface area contributed by atoms with Gasteiger partial charge in [-0.05, 0) is 36.8 Å². The second kappa shape index (κ2) is 8.13. The van der Waals surface area contributed by atoms with E-state index in [1.165, 1.54) is 18.2 Å². The second-order valence-electron chi connectivity index (χ2n) is 8.21. The van der Waals surface area contributed by atoms with Gasteiger partial charge in [0.15, 0.2) is 0 Å². The van der Waals surface area contributed by atoms with Crippen LogP contribution in [0.2, 0.25) is 0 Å². The number of nitrogens with zero attached hydrogens (tertiary/aromatic N) is 1. The quantitative estimate of drug-likeness (QED) is 0.733. The summed E-state index contributed by atoms with van der Waals surface area (Å²) in [5.74, 6) is -0.0386. The van der Waals surface area contributed by atoms with Crippen LogP contribution in [0.1, 0.15) is 31.2 Å². The van der Waals surface area contributed by atoms with E-state index in [9.17, 15) is 18.1 Å². The van der Waals surface area contributed by atoms with Gasteiger partial charge in [-0.25, -0.2) is 8.78 Å². The third-order valence-corrected chi connectivity index (χ3v) is 8.46. The van der Waals surface area contributed by atoms with Crippen LogP contribution in [0, 0.1) is 29.4 Å². The van der Waals surface area contributed by atoms with Gasteiger partial charge in [-0.15, -0.1) is 4.72 Å². The van der Waals surface area contributed by atoms with Crippen LogP contribution in [0.25, 0.3) is 0 Å². The van der Waals surface area contributed by atoms with E-state index in [4.69, 9.17) is 0 Å². The Morgan fingerprint density at radius 3 is 2.75 bits per heavy atom. The highest BCUT2D eigenvalue weighted by Crippen LogP contribution is 2.58. The molecule has 0 radical (unpaired) electrons. The van der Waals surface area contributed by atoms with Gasteiger partial charge in [0.2, 0.25) is 5.91 Å². The number of nitrogens with one attached hydrogen (secondary N) is 1. The largest absolute Gasteiger partial charge is 0.598 e. The Bertz CT molecular complexity index is 731. The van der Waals surface area contributed by atoms with Crippen molar-refractivity contribution in [3.63, 3.8) is 0 Å². The van der Waals surface area contributed by atoms with Crippen LogP contribution in [0.4, 0.5) is 8.78 Å². The zero-order valence-corrected chi connectivity index (χ0v) is 17.7. The summed E-state index contributed by atoms with van der Waals surface area (Å²) < 4.78 is 43.1. The van der Waals surface area contributed by atoms with E-state index in [1.807, 2.05) is 4.90 Å². The molecule has 1 aromatic rings. The molecule has 4 nitrogen and oxygen atoms in total. The molecule has 7 atom stereocenters. The molecule has 28 heavy (non-hydrogen) atoms. The van der Waals surface area contributed by atoms with Gasteiger partial charge in [0, 0.05) is 52.9 Å². The van der Waals surface area contributed by atoms with Gasteiger partial charge in [0.05, 0.1) is 6.04 Å². The Hall–Kier alpha value is -0.830. The second-order valence-corrected chi connectivity index (χ2v) is 10.8. The maximum Gasteiger partial charge on any atom is 0.226 e.